The highest BCUT2D eigenvalue weighted by Crippen LogP contribution is 2.14. The van der Waals surface area contributed by atoms with Gasteiger partial charge in [-0.05, 0) is 17.9 Å². The van der Waals surface area contributed by atoms with Crippen LogP contribution in [0.2, 0.25) is 0 Å². The fraction of sp³-hybridized carbons (Fsp3) is 0.438. The number of aliphatic hydroxyl groups excluding tert-OH is 1. The molecule has 0 aromatic heterocycles. The van der Waals surface area contributed by atoms with Gasteiger partial charge in [-0.25, -0.2) is 4.79 Å². The lowest BCUT2D eigenvalue weighted by Gasteiger charge is -2.22. The van der Waals surface area contributed by atoms with Crippen LogP contribution in [-0.2, 0) is 14.4 Å². The largest absolute Gasteiger partial charge is 0.480 e. The molecule has 0 radical (unpaired) electrons. The second kappa shape index (κ2) is 8.89. The Balaban J connectivity index is 2.94. The van der Waals surface area contributed by atoms with Crippen LogP contribution < -0.4 is 10.6 Å². The lowest BCUT2D eigenvalue weighted by Crippen LogP contribution is -2.48. The van der Waals surface area contributed by atoms with Crippen LogP contribution in [0.1, 0.15) is 31.9 Å². The number of aliphatic hydroxyl groups is 1. The van der Waals surface area contributed by atoms with Crippen LogP contribution >= 0.6 is 0 Å². The van der Waals surface area contributed by atoms with E-state index in [0.29, 0.717) is 5.56 Å². The number of benzene rings is 1. The smallest absolute Gasteiger partial charge is 0.326 e. The summed E-state index contributed by atoms with van der Waals surface area (Å²) in [5.41, 5.74) is 0.500. The van der Waals surface area contributed by atoms with Gasteiger partial charge in [0.1, 0.15) is 18.7 Å². The number of carbonyl (C=O) groups is 3. The van der Waals surface area contributed by atoms with Gasteiger partial charge >= 0.3 is 5.97 Å². The van der Waals surface area contributed by atoms with Crippen molar-refractivity contribution in [2.75, 3.05) is 6.61 Å². The zero-order chi connectivity index (χ0) is 17.4. The number of carboxylic acids is 1. The Morgan fingerprint density at radius 3 is 2.17 bits per heavy atom. The first-order valence-electron chi connectivity index (χ1n) is 7.33. The molecule has 1 aromatic rings. The molecule has 0 unspecified atom stereocenters. The van der Waals surface area contributed by atoms with Crippen molar-refractivity contribution in [2.45, 2.75) is 32.4 Å². The van der Waals surface area contributed by atoms with Crippen molar-refractivity contribution >= 4 is 17.8 Å². The van der Waals surface area contributed by atoms with Gasteiger partial charge in [0, 0.05) is 0 Å². The average molecular weight is 322 g/mol. The predicted molar refractivity (Wildman–Crippen MR) is 83.4 cm³/mol. The molecule has 0 spiro atoms. The monoisotopic (exact) mass is 322 g/mol. The topological polar surface area (TPSA) is 116 Å². The first-order valence-corrected chi connectivity index (χ1v) is 7.33. The SMILES string of the molecule is CC(C)C[C@H](NC(=O)[C@H](NC(=O)CO)c1ccccc1)C(=O)O. The first-order chi connectivity index (χ1) is 10.8. The number of aliphatic carboxylic acids is 1. The van der Waals surface area contributed by atoms with Crippen molar-refractivity contribution in [3.8, 4) is 0 Å². The first kappa shape index (κ1) is 18.6. The number of carbonyl (C=O) groups excluding carboxylic acids is 2. The molecule has 7 nitrogen and oxygen atoms in total. The second-order valence-corrected chi connectivity index (χ2v) is 5.60. The summed E-state index contributed by atoms with van der Waals surface area (Å²) in [5.74, 6) is -2.40. The molecule has 0 saturated carbocycles. The van der Waals surface area contributed by atoms with Crippen molar-refractivity contribution < 1.29 is 24.6 Å². The third-order valence-electron chi connectivity index (χ3n) is 3.17. The zero-order valence-corrected chi connectivity index (χ0v) is 13.2. The highest BCUT2D eigenvalue weighted by Gasteiger charge is 2.27. The Morgan fingerprint density at radius 1 is 1.09 bits per heavy atom. The summed E-state index contributed by atoms with van der Waals surface area (Å²) in [7, 11) is 0. The van der Waals surface area contributed by atoms with Gasteiger partial charge in [-0.3, -0.25) is 9.59 Å². The van der Waals surface area contributed by atoms with Gasteiger partial charge in [0.05, 0.1) is 0 Å². The third-order valence-corrected chi connectivity index (χ3v) is 3.17. The average Bonchev–Trinajstić information content (AvgIpc) is 2.51. The standard InChI is InChI=1S/C16H22N2O5/c1-10(2)8-12(16(22)23)17-15(21)14(18-13(20)9-19)11-6-4-3-5-7-11/h3-7,10,12,14,19H,8-9H2,1-2H3,(H,17,21)(H,18,20)(H,22,23)/t12-,14+/m0/s1. The maximum Gasteiger partial charge on any atom is 0.326 e. The number of carboxylic acid groups (broad SMARTS) is 1. The Kier molecular flexibility index (Phi) is 7.21. The van der Waals surface area contributed by atoms with Gasteiger partial charge < -0.3 is 20.8 Å². The van der Waals surface area contributed by atoms with Crippen LogP contribution in [0.3, 0.4) is 0 Å². The van der Waals surface area contributed by atoms with Crippen LogP contribution in [0.15, 0.2) is 30.3 Å². The van der Waals surface area contributed by atoms with E-state index in [1.807, 2.05) is 13.8 Å². The van der Waals surface area contributed by atoms with E-state index in [1.54, 1.807) is 30.3 Å². The molecule has 0 aliphatic heterocycles. The van der Waals surface area contributed by atoms with Crippen molar-refractivity contribution in [2.24, 2.45) is 5.92 Å². The van der Waals surface area contributed by atoms with Gasteiger partial charge in [-0.1, -0.05) is 44.2 Å². The third kappa shape index (κ3) is 6.07. The van der Waals surface area contributed by atoms with Gasteiger partial charge in [-0.15, -0.1) is 0 Å². The highest BCUT2D eigenvalue weighted by atomic mass is 16.4. The van der Waals surface area contributed by atoms with E-state index in [0.717, 1.165) is 0 Å². The summed E-state index contributed by atoms with van der Waals surface area (Å²) >= 11 is 0. The molecule has 1 aromatic carbocycles. The highest BCUT2D eigenvalue weighted by molar-refractivity contribution is 5.91. The van der Waals surface area contributed by atoms with E-state index in [4.69, 9.17) is 5.11 Å². The molecule has 0 aliphatic rings. The van der Waals surface area contributed by atoms with Gasteiger partial charge in [-0.2, -0.15) is 0 Å². The Labute approximate surface area is 134 Å². The summed E-state index contributed by atoms with van der Waals surface area (Å²) in [6.45, 7) is 2.94. The predicted octanol–water partition coefficient (Wildman–Crippen LogP) is 0.452. The maximum absolute atomic E-state index is 12.4. The van der Waals surface area contributed by atoms with E-state index in [1.165, 1.54) is 0 Å². The molecule has 2 atom stereocenters. The van der Waals surface area contributed by atoms with Gasteiger partial charge in [0.2, 0.25) is 11.8 Å². The molecule has 0 saturated heterocycles. The maximum atomic E-state index is 12.4. The molecule has 0 heterocycles. The molecule has 2 amide bonds. The fourth-order valence-corrected chi connectivity index (χ4v) is 2.10. The lowest BCUT2D eigenvalue weighted by molar-refractivity contribution is -0.142. The van der Waals surface area contributed by atoms with Crippen LogP contribution in [0.25, 0.3) is 0 Å². The second-order valence-electron chi connectivity index (χ2n) is 5.60. The van der Waals surface area contributed by atoms with Crippen LogP contribution in [0.4, 0.5) is 0 Å². The van der Waals surface area contributed by atoms with Crippen LogP contribution in [0.5, 0.6) is 0 Å². The molecular formula is C16H22N2O5. The van der Waals surface area contributed by atoms with E-state index in [2.05, 4.69) is 10.6 Å². The molecule has 0 bridgehead atoms. The van der Waals surface area contributed by atoms with Crippen LogP contribution in [-0.4, -0.2) is 40.6 Å². The minimum atomic E-state index is -1.13. The summed E-state index contributed by atoms with van der Waals surface area (Å²) in [6.07, 6.45) is 0.274. The van der Waals surface area contributed by atoms with E-state index < -0.39 is 36.5 Å². The zero-order valence-electron chi connectivity index (χ0n) is 13.2. The summed E-state index contributed by atoms with van der Waals surface area (Å²) < 4.78 is 0. The van der Waals surface area contributed by atoms with Crippen molar-refractivity contribution in [1.82, 2.24) is 10.6 Å². The summed E-state index contributed by atoms with van der Waals surface area (Å²) in [5, 5.41) is 22.9. The van der Waals surface area contributed by atoms with Gasteiger partial charge in [0.25, 0.3) is 0 Å². The Morgan fingerprint density at radius 2 is 1.70 bits per heavy atom. The van der Waals surface area contributed by atoms with E-state index in [-0.39, 0.29) is 12.3 Å². The molecule has 126 valence electrons. The molecule has 4 N–H and O–H groups in total. The molecule has 7 heteroatoms. The van der Waals surface area contributed by atoms with Crippen molar-refractivity contribution in [3.05, 3.63) is 35.9 Å². The summed E-state index contributed by atoms with van der Waals surface area (Å²) in [6, 6.07) is 6.32. The Bertz CT molecular complexity index is 545. The number of hydrogen-bond donors (Lipinski definition) is 4. The quantitative estimate of drug-likeness (QED) is 0.555. The number of nitrogens with one attached hydrogen (secondary N) is 2. The number of rotatable bonds is 8. The van der Waals surface area contributed by atoms with Crippen molar-refractivity contribution in [1.29, 1.82) is 0 Å². The number of amides is 2. The fourth-order valence-electron chi connectivity index (χ4n) is 2.10. The molecule has 23 heavy (non-hydrogen) atoms. The van der Waals surface area contributed by atoms with E-state index >= 15 is 0 Å². The van der Waals surface area contributed by atoms with Crippen LogP contribution in [0, 0.1) is 5.92 Å². The molecule has 1 rings (SSSR count). The molecule has 0 aliphatic carbocycles. The van der Waals surface area contributed by atoms with Crippen molar-refractivity contribution in [3.63, 3.8) is 0 Å². The minimum absolute atomic E-state index is 0.0820. The lowest BCUT2D eigenvalue weighted by atomic mass is 10.0. The molecular weight excluding hydrogens is 300 g/mol. The summed E-state index contributed by atoms with van der Waals surface area (Å²) in [4.78, 5) is 35.1. The van der Waals surface area contributed by atoms with Gasteiger partial charge in [0.15, 0.2) is 0 Å². The molecule has 0 fully saturated rings. The minimum Gasteiger partial charge on any atom is -0.480 e. The van der Waals surface area contributed by atoms with E-state index in [9.17, 15) is 19.5 Å². The normalized spacial score (nSPS) is 13.2. The Hall–Kier alpha value is -2.41. The number of hydrogen-bond acceptors (Lipinski definition) is 4.